The lowest BCUT2D eigenvalue weighted by atomic mass is 10.1. The van der Waals surface area contributed by atoms with E-state index in [-0.39, 0.29) is 12.2 Å². The van der Waals surface area contributed by atoms with Crippen molar-refractivity contribution in [1.82, 2.24) is 0 Å². The number of nitrogens with zero attached hydrogens (tertiary/aromatic N) is 1. The van der Waals surface area contributed by atoms with Crippen LogP contribution >= 0.6 is 0 Å². The van der Waals surface area contributed by atoms with E-state index in [4.69, 9.17) is 10.5 Å². The third-order valence-electron chi connectivity index (χ3n) is 2.78. The summed E-state index contributed by atoms with van der Waals surface area (Å²) in [5.41, 5.74) is 5.86. The molecule has 0 atom stereocenters. The number of rotatable bonds is 7. The molecule has 0 unspecified atom stereocenters. The highest BCUT2D eigenvalue weighted by molar-refractivity contribution is 5.50. The van der Waals surface area contributed by atoms with Crippen LogP contribution < -0.4 is 10.6 Å². The minimum atomic E-state index is -0.572. The van der Waals surface area contributed by atoms with Gasteiger partial charge < -0.3 is 15.4 Å². The van der Waals surface area contributed by atoms with Gasteiger partial charge in [-0.3, -0.25) is 0 Å². The average molecular weight is 272 g/mol. The van der Waals surface area contributed by atoms with E-state index in [1.807, 2.05) is 13.8 Å². The van der Waals surface area contributed by atoms with Crippen LogP contribution in [0.15, 0.2) is 12.1 Å². The molecule has 0 aliphatic carbocycles. The number of hydrogen-bond donors (Lipinski definition) is 1. The van der Waals surface area contributed by atoms with E-state index in [2.05, 4.69) is 0 Å². The molecule has 0 heterocycles. The fourth-order valence-corrected chi connectivity index (χ4v) is 1.97. The first-order valence-corrected chi connectivity index (χ1v) is 6.41. The van der Waals surface area contributed by atoms with Crippen LogP contribution in [0.4, 0.5) is 14.5 Å². The highest BCUT2D eigenvalue weighted by atomic mass is 19.1. The normalized spacial score (nSPS) is 11.1. The molecule has 0 aromatic heterocycles. The van der Waals surface area contributed by atoms with Crippen LogP contribution in [-0.2, 0) is 11.3 Å². The Hall–Kier alpha value is -1.20. The predicted octanol–water partition coefficient (Wildman–Crippen LogP) is 2.53. The van der Waals surface area contributed by atoms with Crippen molar-refractivity contribution in [2.45, 2.75) is 20.4 Å². The quantitative estimate of drug-likeness (QED) is 0.829. The smallest absolute Gasteiger partial charge is 0.149 e. The van der Waals surface area contributed by atoms with Gasteiger partial charge >= 0.3 is 0 Å². The standard InChI is InChI=1S/C14H22F2N2O/c1-10(2)9-18(4-5-19-3)14-12(15)6-11(8-17)7-13(14)16/h6-7,10H,4-5,8-9,17H2,1-3H3. The Morgan fingerprint density at radius 2 is 1.84 bits per heavy atom. The molecule has 0 aliphatic rings. The fourth-order valence-electron chi connectivity index (χ4n) is 1.97. The van der Waals surface area contributed by atoms with Crippen molar-refractivity contribution < 1.29 is 13.5 Å². The van der Waals surface area contributed by atoms with Crippen LogP contribution in [0.25, 0.3) is 0 Å². The van der Waals surface area contributed by atoms with Crippen LogP contribution in [0.5, 0.6) is 0 Å². The van der Waals surface area contributed by atoms with Crippen LogP contribution in [0.1, 0.15) is 19.4 Å². The van der Waals surface area contributed by atoms with Gasteiger partial charge in [-0.1, -0.05) is 13.8 Å². The van der Waals surface area contributed by atoms with Crippen molar-refractivity contribution in [2.24, 2.45) is 11.7 Å². The first-order valence-electron chi connectivity index (χ1n) is 6.41. The lowest BCUT2D eigenvalue weighted by Crippen LogP contribution is -2.32. The molecule has 0 bridgehead atoms. The lowest BCUT2D eigenvalue weighted by molar-refractivity contribution is 0.204. The van der Waals surface area contributed by atoms with Crippen molar-refractivity contribution in [2.75, 3.05) is 31.7 Å². The van der Waals surface area contributed by atoms with Gasteiger partial charge in [-0.2, -0.15) is 0 Å². The summed E-state index contributed by atoms with van der Waals surface area (Å²) in [6.45, 7) is 5.57. The Bertz CT molecular complexity index is 387. The molecule has 0 spiro atoms. The molecule has 2 N–H and O–H groups in total. The third kappa shape index (κ3) is 4.44. The van der Waals surface area contributed by atoms with E-state index in [0.717, 1.165) is 0 Å². The van der Waals surface area contributed by atoms with Crippen molar-refractivity contribution >= 4 is 5.69 Å². The molecule has 0 saturated heterocycles. The zero-order valence-electron chi connectivity index (χ0n) is 11.7. The number of benzene rings is 1. The molecular weight excluding hydrogens is 250 g/mol. The molecule has 1 aromatic rings. The van der Waals surface area contributed by atoms with Crippen LogP contribution in [0.3, 0.4) is 0 Å². The molecule has 0 radical (unpaired) electrons. The molecule has 0 aliphatic heterocycles. The van der Waals surface area contributed by atoms with Gasteiger partial charge in [0.05, 0.1) is 6.61 Å². The van der Waals surface area contributed by atoms with Crippen molar-refractivity contribution in [1.29, 1.82) is 0 Å². The number of nitrogens with two attached hydrogens (primary N) is 1. The van der Waals surface area contributed by atoms with E-state index in [9.17, 15) is 8.78 Å². The summed E-state index contributed by atoms with van der Waals surface area (Å²) in [6, 6.07) is 2.58. The van der Waals surface area contributed by atoms with E-state index in [1.165, 1.54) is 12.1 Å². The van der Waals surface area contributed by atoms with Crippen LogP contribution in [-0.4, -0.2) is 26.8 Å². The maximum atomic E-state index is 14.0. The van der Waals surface area contributed by atoms with Gasteiger partial charge in [0.2, 0.25) is 0 Å². The van der Waals surface area contributed by atoms with Gasteiger partial charge in [0.15, 0.2) is 0 Å². The third-order valence-corrected chi connectivity index (χ3v) is 2.78. The lowest BCUT2D eigenvalue weighted by Gasteiger charge is -2.27. The first-order chi connectivity index (χ1) is 8.99. The van der Waals surface area contributed by atoms with Crippen molar-refractivity contribution in [3.8, 4) is 0 Å². The van der Waals surface area contributed by atoms with Crippen LogP contribution in [0, 0.1) is 17.6 Å². The monoisotopic (exact) mass is 272 g/mol. The Morgan fingerprint density at radius 1 is 1.26 bits per heavy atom. The maximum absolute atomic E-state index is 14.0. The largest absolute Gasteiger partial charge is 0.383 e. The van der Waals surface area contributed by atoms with Gasteiger partial charge in [-0.25, -0.2) is 8.78 Å². The predicted molar refractivity (Wildman–Crippen MR) is 73.2 cm³/mol. The van der Waals surface area contributed by atoms with Gasteiger partial charge in [0.25, 0.3) is 0 Å². The minimum absolute atomic E-state index is 0.00273. The number of hydrogen-bond acceptors (Lipinski definition) is 3. The summed E-state index contributed by atoms with van der Waals surface area (Å²) in [5, 5.41) is 0. The van der Waals surface area contributed by atoms with Crippen molar-refractivity contribution in [3.05, 3.63) is 29.3 Å². The van der Waals surface area contributed by atoms with E-state index >= 15 is 0 Å². The second-order valence-corrected chi connectivity index (χ2v) is 4.94. The Kier molecular flexibility index (Phi) is 6.18. The SMILES string of the molecule is COCCN(CC(C)C)c1c(F)cc(CN)cc1F. The zero-order valence-corrected chi connectivity index (χ0v) is 11.7. The van der Waals surface area contributed by atoms with E-state index in [0.29, 0.717) is 31.2 Å². The van der Waals surface area contributed by atoms with Gasteiger partial charge in [0.1, 0.15) is 17.3 Å². The first kappa shape index (κ1) is 15.9. The van der Waals surface area contributed by atoms with E-state index in [1.54, 1.807) is 12.0 Å². The second-order valence-electron chi connectivity index (χ2n) is 4.94. The Balaban J connectivity index is 3.06. The Labute approximate surface area is 113 Å². The summed E-state index contributed by atoms with van der Waals surface area (Å²) in [5.74, 6) is -0.848. The molecular formula is C14H22F2N2O. The summed E-state index contributed by atoms with van der Waals surface area (Å²) in [7, 11) is 1.57. The molecule has 1 aromatic carbocycles. The minimum Gasteiger partial charge on any atom is -0.383 e. The van der Waals surface area contributed by atoms with Crippen LogP contribution in [0.2, 0.25) is 0 Å². The molecule has 5 heteroatoms. The maximum Gasteiger partial charge on any atom is 0.149 e. The molecule has 19 heavy (non-hydrogen) atoms. The zero-order chi connectivity index (χ0) is 14.4. The summed E-state index contributed by atoms with van der Waals surface area (Å²) >= 11 is 0. The highest BCUT2D eigenvalue weighted by Gasteiger charge is 2.18. The summed E-state index contributed by atoms with van der Waals surface area (Å²) < 4.78 is 33.1. The average Bonchev–Trinajstić information content (AvgIpc) is 2.33. The second kappa shape index (κ2) is 7.40. The number of halogens is 2. The molecule has 0 amide bonds. The molecule has 1 rings (SSSR count). The number of methoxy groups -OCH3 is 1. The van der Waals surface area contributed by atoms with Gasteiger partial charge in [-0.05, 0) is 23.6 Å². The number of anilines is 1. The molecule has 0 fully saturated rings. The fraction of sp³-hybridized carbons (Fsp3) is 0.571. The topological polar surface area (TPSA) is 38.5 Å². The highest BCUT2D eigenvalue weighted by Crippen LogP contribution is 2.25. The van der Waals surface area contributed by atoms with Crippen molar-refractivity contribution in [3.63, 3.8) is 0 Å². The van der Waals surface area contributed by atoms with Gasteiger partial charge in [-0.15, -0.1) is 0 Å². The number of ether oxygens (including phenoxy) is 1. The molecule has 3 nitrogen and oxygen atoms in total. The Morgan fingerprint density at radius 3 is 2.26 bits per heavy atom. The molecule has 108 valence electrons. The van der Waals surface area contributed by atoms with Gasteiger partial charge in [0, 0.05) is 26.7 Å². The summed E-state index contributed by atoms with van der Waals surface area (Å²) in [4.78, 5) is 1.68. The summed E-state index contributed by atoms with van der Waals surface area (Å²) in [6.07, 6.45) is 0. The van der Waals surface area contributed by atoms with E-state index < -0.39 is 11.6 Å². The molecule has 0 saturated carbocycles.